The van der Waals surface area contributed by atoms with E-state index < -0.39 is 0 Å². The first-order valence-corrected chi connectivity index (χ1v) is 4.83. The van der Waals surface area contributed by atoms with Crippen molar-refractivity contribution in [3.8, 4) is 17.8 Å². The monoisotopic (exact) mass is 189 g/mol. The molecular formula is C12H15NO. The Morgan fingerprint density at radius 1 is 1.36 bits per heavy atom. The van der Waals surface area contributed by atoms with Gasteiger partial charge in [0.15, 0.2) is 5.75 Å². The quantitative estimate of drug-likeness (QED) is 0.451. The molecule has 0 saturated heterocycles. The molecule has 0 bridgehead atoms. The Morgan fingerprint density at radius 3 is 2.86 bits per heavy atom. The number of ether oxygens (including phenoxy) is 1. The van der Waals surface area contributed by atoms with Gasteiger partial charge in [-0.2, -0.15) is 0 Å². The lowest BCUT2D eigenvalue weighted by Crippen LogP contribution is -1.90. The highest BCUT2D eigenvalue weighted by Gasteiger charge is 1.94. The summed E-state index contributed by atoms with van der Waals surface area (Å²) >= 11 is 0. The first-order chi connectivity index (χ1) is 6.84. The van der Waals surface area contributed by atoms with E-state index in [9.17, 15) is 0 Å². The van der Waals surface area contributed by atoms with Crippen LogP contribution in [-0.4, -0.2) is 0 Å². The van der Waals surface area contributed by atoms with Gasteiger partial charge in [-0.15, -0.1) is 0 Å². The van der Waals surface area contributed by atoms with Gasteiger partial charge < -0.3 is 10.5 Å². The van der Waals surface area contributed by atoms with Crippen LogP contribution in [0, 0.1) is 12.0 Å². The Bertz CT molecular complexity index is 336. The van der Waals surface area contributed by atoms with Crippen LogP contribution in [0.3, 0.4) is 0 Å². The first-order valence-electron chi connectivity index (χ1n) is 4.83. The van der Waals surface area contributed by atoms with E-state index in [0.717, 1.165) is 19.3 Å². The number of hydrogen-bond acceptors (Lipinski definition) is 2. The molecule has 1 aromatic carbocycles. The summed E-state index contributed by atoms with van der Waals surface area (Å²) in [6.07, 6.45) is 5.79. The van der Waals surface area contributed by atoms with Gasteiger partial charge in [0.2, 0.25) is 0 Å². The summed E-state index contributed by atoms with van der Waals surface area (Å²) < 4.78 is 5.20. The molecule has 2 N–H and O–H groups in total. The Hall–Kier alpha value is -1.62. The minimum atomic E-state index is 0.622. The van der Waals surface area contributed by atoms with Crippen molar-refractivity contribution in [1.29, 1.82) is 0 Å². The lowest BCUT2D eigenvalue weighted by molar-refractivity contribution is 0.521. The van der Waals surface area contributed by atoms with Crippen LogP contribution in [0.4, 0.5) is 5.69 Å². The highest BCUT2D eigenvalue weighted by Crippen LogP contribution is 2.18. The minimum Gasteiger partial charge on any atom is -0.405 e. The van der Waals surface area contributed by atoms with E-state index in [1.54, 1.807) is 6.07 Å². The maximum absolute atomic E-state index is 5.67. The Kier molecular flexibility index (Phi) is 4.43. The number of benzene rings is 1. The number of rotatable bonds is 3. The van der Waals surface area contributed by atoms with E-state index in [-0.39, 0.29) is 0 Å². The fourth-order valence-corrected chi connectivity index (χ4v) is 0.981. The molecule has 1 rings (SSSR count). The zero-order valence-electron chi connectivity index (χ0n) is 8.42. The summed E-state index contributed by atoms with van der Waals surface area (Å²) in [5.41, 5.74) is 6.29. The predicted molar refractivity (Wildman–Crippen MR) is 58.8 cm³/mol. The average Bonchev–Trinajstić information content (AvgIpc) is 2.20. The average molecular weight is 189 g/mol. The van der Waals surface area contributed by atoms with Gasteiger partial charge in [0.1, 0.15) is 6.11 Å². The molecule has 2 heteroatoms. The van der Waals surface area contributed by atoms with Crippen molar-refractivity contribution < 1.29 is 4.74 Å². The molecule has 0 heterocycles. The zero-order valence-corrected chi connectivity index (χ0v) is 8.42. The molecule has 0 aliphatic rings. The van der Waals surface area contributed by atoms with Gasteiger partial charge in [0.25, 0.3) is 0 Å². The van der Waals surface area contributed by atoms with Crippen LogP contribution in [0.1, 0.15) is 26.2 Å². The third kappa shape index (κ3) is 3.40. The van der Waals surface area contributed by atoms with Crippen LogP contribution in [-0.2, 0) is 0 Å². The molecule has 0 atom stereocenters. The van der Waals surface area contributed by atoms with Gasteiger partial charge >= 0.3 is 0 Å². The number of unbranched alkanes of at least 4 members (excludes halogenated alkanes) is 2. The Balaban J connectivity index is 2.44. The van der Waals surface area contributed by atoms with Crippen molar-refractivity contribution in [3.63, 3.8) is 0 Å². The molecule has 2 nitrogen and oxygen atoms in total. The van der Waals surface area contributed by atoms with Crippen molar-refractivity contribution in [2.24, 2.45) is 0 Å². The van der Waals surface area contributed by atoms with Crippen LogP contribution in [0.5, 0.6) is 5.75 Å². The van der Waals surface area contributed by atoms with Crippen LogP contribution in [0.15, 0.2) is 24.3 Å². The van der Waals surface area contributed by atoms with Crippen LogP contribution < -0.4 is 10.5 Å². The van der Waals surface area contributed by atoms with Crippen LogP contribution >= 0.6 is 0 Å². The number of hydrogen-bond donors (Lipinski definition) is 1. The van der Waals surface area contributed by atoms with Gasteiger partial charge in [-0.25, -0.2) is 0 Å². The fourth-order valence-electron chi connectivity index (χ4n) is 0.981. The predicted octanol–water partition coefficient (Wildman–Crippen LogP) is 2.80. The highest BCUT2D eigenvalue weighted by atomic mass is 16.5. The Labute approximate surface area is 85.1 Å². The van der Waals surface area contributed by atoms with Crippen LogP contribution in [0.2, 0.25) is 0 Å². The molecule has 0 aliphatic carbocycles. The van der Waals surface area contributed by atoms with Crippen molar-refractivity contribution in [1.82, 2.24) is 0 Å². The molecule has 0 spiro atoms. The lowest BCUT2D eigenvalue weighted by atomic mass is 10.3. The number of nitrogen functional groups attached to an aromatic ring is 1. The standard InChI is InChI=1S/C12H15NO/c1-2-3-4-7-10-14-12-9-6-5-8-11(12)13/h5-6,8-9H,2-4,13H2,1H3. The molecular weight excluding hydrogens is 174 g/mol. The smallest absolute Gasteiger partial charge is 0.163 e. The third-order valence-electron chi connectivity index (χ3n) is 1.81. The fraction of sp³-hybridized carbons (Fsp3) is 0.333. The van der Waals surface area contributed by atoms with Gasteiger partial charge in [0.05, 0.1) is 5.69 Å². The largest absolute Gasteiger partial charge is 0.405 e. The van der Waals surface area contributed by atoms with Gasteiger partial charge in [-0.1, -0.05) is 31.4 Å². The molecule has 74 valence electrons. The van der Waals surface area contributed by atoms with E-state index in [1.165, 1.54) is 0 Å². The van der Waals surface area contributed by atoms with E-state index in [0.29, 0.717) is 11.4 Å². The summed E-state index contributed by atoms with van der Waals surface area (Å²) in [6.45, 7) is 2.14. The maximum Gasteiger partial charge on any atom is 0.163 e. The van der Waals surface area contributed by atoms with Crippen molar-refractivity contribution in [3.05, 3.63) is 24.3 Å². The van der Waals surface area contributed by atoms with E-state index in [4.69, 9.17) is 10.5 Å². The third-order valence-corrected chi connectivity index (χ3v) is 1.81. The van der Waals surface area contributed by atoms with Crippen LogP contribution in [0.25, 0.3) is 0 Å². The number of nitrogens with two attached hydrogens (primary N) is 1. The summed E-state index contributed by atoms with van der Waals surface area (Å²) in [4.78, 5) is 0. The summed E-state index contributed by atoms with van der Waals surface area (Å²) in [5, 5.41) is 0. The van der Waals surface area contributed by atoms with Gasteiger partial charge in [-0.05, 0) is 18.6 Å². The molecule has 0 aliphatic heterocycles. The zero-order chi connectivity index (χ0) is 10.2. The summed E-state index contributed by atoms with van der Waals surface area (Å²) in [6, 6.07) is 7.35. The van der Waals surface area contributed by atoms with E-state index >= 15 is 0 Å². The first kappa shape index (κ1) is 10.5. The summed E-state index contributed by atoms with van der Waals surface area (Å²) in [5.74, 6) is 3.57. The molecule has 0 radical (unpaired) electrons. The van der Waals surface area contributed by atoms with Crippen molar-refractivity contribution in [2.45, 2.75) is 26.2 Å². The second-order valence-corrected chi connectivity index (χ2v) is 3.02. The normalized spacial score (nSPS) is 8.93. The van der Waals surface area contributed by atoms with Gasteiger partial charge in [0, 0.05) is 6.42 Å². The number of anilines is 1. The van der Waals surface area contributed by atoms with Gasteiger partial charge in [-0.3, -0.25) is 0 Å². The van der Waals surface area contributed by atoms with Crippen molar-refractivity contribution >= 4 is 5.69 Å². The lowest BCUT2D eigenvalue weighted by Gasteiger charge is -1.99. The molecule has 0 unspecified atom stereocenters. The molecule has 0 saturated carbocycles. The van der Waals surface area contributed by atoms with E-state index in [1.807, 2.05) is 18.2 Å². The molecule has 0 aromatic heterocycles. The molecule has 1 aromatic rings. The summed E-state index contributed by atoms with van der Waals surface area (Å²) in [7, 11) is 0. The second-order valence-electron chi connectivity index (χ2n) is 3.02. The maximum atomic E-state index is 5.67. The number of para-hydroxylation sites is 2. The van der Waals surface area contributed by atoms with E-state index in [2.05, 4.69) is 19.0 Å². The molecule has 14 heavy (non-hydrogen) atoms. The SMILES string of the molecule is CCCCC#COc1ccccc1N. The Morgan fingerprint density at radius 2 is 2.14 bits per heavy atom. The minimum absolute atomic E-state index is 0.622. The topological polar surface area (TPSA) is 35.2 Å². The second kappa shape index (κ2) is 5.93. The molecule has 0 amide bonds. The van der Waals surface area contributed by atoms with Crippen molar-refractivity contribution in [2.75, 3.05) is 5.73 Å². The highest BCUT2D eigenvalue weighted by molar-refractivity contribution is 5.52. The molecule has 0 fully saturated rings.